The lowest BCUT2D eigenvalue weighted by molar-refractivity contribution is -0.176. The highest BCUT2D eigenvalue weighted by atomic mass is 16.7. The van der Waals surface area contributed by atoms with E-state index in [-0.39, 0.29) is 25.2 Å². The zero-order valence-corrected chi connectivity index (χ0v) is 25.1. The van der Waals surface area contributed by atoms with Gasteiger partial charge in [-0.15, -0.1) is 0 Å². The number of anilines is 3. The normalized spacial score (nSPS) is 16.2. The van der Waals surface area contributed by atoms with Gasteiger partial charge >= 0.3 is 6.03 Å². The van der Waals surface area contributed by atoms with Crippen molar-refractivity contribution < 1.29 is 23.9 Å². The molecule has 0 aliphatic carbocycles. The molecule has 3 aromatic rings. The zero-order chi connectivity index (χ0) is 30.4. The summed E-state index contributed by atoms with van der Waals surface area (Å²) in [4.78, 5) is 42.9. The van der Waals surface area contributed by atoms with Gasteiger partial charge in [-0.3, -0.25) is 9.59 Å². The van der Waals surface area contributed by atoms with E-state index >= 15 is 0 Å². The quantitative estimate of drug-likeness (QED) is 0.249. The molecular weight excluding hydrogens is 532 g/mol. The summed E-state index contributed by atoms with van der Waals surface area (Å²) in [7, 11) is 0. The molecule has 0 bridgehead atoms. The third kappa shape index (κ3) is 7.35. The second-order valence-corrected chi connectivity index (χ2v) is 11.2. The Morgan fingerprint density at radius 2 is 1.31 bits per heavy atom. The maximum atomic E-state index is 14.4. The number of carbonyl (C=O) groups is 3. The highest BCUT2D eigenvalue weighted by molar-refractivity contribution is 6.12. The fourth-order valence-corrected chi connectivity index (χ4v) is 4.99. The number of fused-ring (bicyclic) bond motifs is 1. The van der Waals surface area contributed by atoms with Gasteiger partial charge in [0.2, 0.25) is 5.91 Å². The average molecular weight is 573 g/mol. The number of hydrogen-bond acceptors (Lipinski definition) is 5. The van der Waals surface area contributed by atoms with E-state index in [0.717, 1.165) is 11.1 Å². The van der Waals surface area contributed by atoms with Crippen molar-refractivity contribution in [3.8, 4) is 0 Å². The van der Waals surface area contributed by atoms with Gasteiger partial charge in [-0.1, -0.05) is 53.6 Å². The van der Waals surface area contributed by atoms with Crippen LogP contribution < -0.4 is 20.9 Å². The molecule has 0 fully saturated rings. The van der Waals surface area contributed by atoms with E-state index in [1.54, 1.807) is 42.5 Å². The summed E-state index contributed by atoms with van der Waals surface area (Å²) < 4.78 is 12.0. The lowest BCUT2D eigenvalue weighted by Gasteiger charge is -2.31. The summed E-state index contributed by atoms with van der Waals surface area (Å²) in [5.74, 6) is -0.876. The Bertz CT molecular complexity index is 1330. The van der Waals surface area contributed by atoms with Gasteiger partial charge in [0.15, 0.2) is 11.8 Å². The summed E-state index contributed by atoms with van der Waals surface area (Å²) in [5.41, 5.74) is 2.66. The molecule has 0 spiro atoms. The summed E-state index contributed by atoms with van der Waals surface area (Å²) >= 11 is 0. The Balaban J connectivity index is 1.70. The lowest BCUT2D eigenvalue weighted by atomic mass is 9.87. The van der Waals surface area contributed by atoms with Crippen molar-refractivity contribution >= 4 is 34.9 Å². The number of ether oxygens (including phenoxy) is 2. The number of aryl methyl sites for hydroxylation is 2. The summed E-state index contributed by atoms with van der Waals surface area (Å²) in [6.07, 6.45) is -1.34. The molecule has 222 valence electrons. The second-order valence-electron chi connectivity index (χ2n) is 11.2. The van der Waals surface area contributed by atoms with Gasteiger partial charge in [0.05, 0.1) is 30.9 Å². The molecular formula is C33H40N4O5. The molecule has 3 aromatic carbocycles. The topological polar surface area (TPSA) is 109 Å². The van der Waals surface area contributed by atoms with Crippen LogP contribution in [0.5, 0.6) is 0 Å². The number of para-hydroxylation sites is 1. The third-order valence-electron chi connectivity index (χ3n) is 6.84. The van der Waals surface area contributed by atoms with Gasteiger partial charge in [-0.25, -0.2) is 4.79 Å². The molecule has 1 aliphatic heterocycles. The Morgan fingerprint density at radius 3 is 1.86 bits per heavy atom. The number of urea groups is 1. The number of nitrogens with one attached hydrogen (secondary N) is 3. The molecule has 1 heterocycles. The number of carbonyl (C=O) groups excluding carboxylic acids is 3. The molecule has 0 saturated carbocycles. The summed E-state index contributed by atoms with van der Waals surface area (Å²) in [6.45, 7) is 11.6. The van der Waals surface area contributed by atoms with E-state index in [1.807, 2.05) is 71.9 Å². The van der Waals surface area contributed by atoms with Crippen LogP contribution in [-0.2, 0) is 24.6 Å². The lowest BCUT2D eigenvalue weighted by Crippen LogP contribution is -2.56. The molecule has 4 amide bonds. The molecule has 0 saturated heterocycles. The Kier molecular flexibility index (Phi) is 9.65. The minimum absolute atomic E-state index is 0.0782. The largest absolute Gasteiger partial charge is 0.348 e. The van der Waals surface area contributed by atoms with Crippen molar-refractivity contribution in [3.05, 3.63) is 89.5 Å². The minimum atomic E-state index is -1.68. The smallest absolute Gasteiger partial charge is 0.320 e. The van der Waals surface area contributed by atoms with Crippen LogP contribution in [0.4, 0.5) is 21.9 Å². The average Bonchev–Trinajstić information content (AvgIpc) is 3.13. The molecule has 0 aromatic heterocycles. The second kappa shape index (κ2) is 13.2. The molecule has 1 atom stereocenters. The van der Waals surface area contributed by atoms with Crippen LogP contribution in [0.15, 0.2) is 72.8 Å². The van der Waals surface area contributed by atoms with Crippen molar-refractivity contribution in [3.63, 3.8) is 0 Å². The van der Waals surface area contributed by atoms with Crippen molar-refractivity contribution in [2.24, 2.45) is 0 Å². The maximum absolute atomic E-state index is 14.4. The van der Waals surface area contributed by atoms with Crippen LogP contribution in [0.3, 0.4) is 0 Å². The van der Waals surface area contributed by atoms with E-state index in [1.165, 1.54) is 4.90 Å². The molecule has 1 unspecified atom stereocenters. The summed E-state index contributed by atoms with van der Waals surface area (Å²) in [5, 5.41) is 8.57. The van der Waals surface area contributed by atoms with Crippen molar-refractivity contribution in [1.82, 2.24) is 5.32 Å². The predicted octanol–water partition coefficient (Wildman–Crippen LogP) is 5.87. The maximum Gasteiger partial charge on any atom is 0.320 e. The van der Waals surface area contributed by atoms with Gasteiger partial charge in [-0.05, 0) is 71.9 Å². The zero-order valence-electron chi connectivity index (χ0n) is 25.1. The first-order valence-corrected chi connectivity index (χ1v) is 14.2. The van der Waals surface area contributed by atoms with Crippen molar-refractivity contribution in [1.29, 1.82) is 0 Å². The first-order chi connectivity index (χ1) is 20.0. The van der Waals surface area contributed by atoms with Gasteiger partial charge in [0.1, 0.15) is 0 Å². The van der Waals surface area contributed by atoms with Crippen molar-refractivity contribution in [2.75, 3.05) is 22.1 Å². The van der Waals surface area contributed by atoms with Gasteiger partial charge in [0.25, 0.3) is 5.91 Å². The van der Waals surface area contributed by atoms with Crippen LogP contribution in [0.25, 0.3) is 0 Å². The van der Waals surface area contributed by atoms with E-state index < -0.39 is 29.7 Å². The minimum Gasteiger partial charge on any atom is -0.348 e. The fraction of sp³-hybridized carbons (Fsp3) is 0.364. The summed E-state index contributed by atoms with van der Waals surface area (Å²) in [6, 6.07) is 21.2. The molecule has 3 N–H and O–H groups in total. The van der Waals surface area contributed by atoms with Crippen LogP contribution in [-0.4, -0.2) is 42.9 Å². The third-order valence-corrected chi connectivity index (χ3v) is 6.84. The van der Waals surface area contributed by atoms with E-state index in [9.17, 15) is 14.4 Å². The van der Waals surface area contributed by atoms with E-state index in [0.29, 0.717) is 22.6 Å². The Hall–Kier alpha value is -4.21. The fourth-order valence-electron chi connectivity index (χ4n) is 4.99. The number of hydrogen-bond donors (Lipinski definition) is 3. The molecule has 4 rings (SSSR count). The van der Waals surface area contributed by atoms with Crippen molar-refractivity contribution in [2.45, 2.75) is 72.0 Å². The number of nitrogens with zero attached hydrogens (tertiary/aromatic N) is 1. The molecule has 9 heteroatoms. The number of benzene rings is 3. The standard InChI is InChI=1S/C33H40N4O5/c1-21(2)41-30(42-22(3)4)20-37-28-10-8-7-9-27(28)33(31(37)39,19-29(38)34-25-15-11-23(5)12-16-25)36-32(40)35-26-17-13-24(6)14-18-26/h7-18,21-22,30H,19-20H2,1-6H3,(H,34,38)(H2,35,36,40). The van der Waals surface area contributed by atoms with E-state index in [4.69, 9.17) is 9.47 Å². The highest BCUT2D eigenvalue weighted by Crippen LogP contribution is 2.43. The van der Waals surface area contributed by atoms with Crippen LogP contribution in [0.1, 0.15) is 50.8 Å². The Morgan fingerprint density at radius 1 is 0.786 bits per heavy atom. The Labute approximate surface area is 247 Å². The van der Waals surface area contributed by atoms with Crippen LogP contribution in [0.2, 0.25) is 0 Å². The predicted molar refractivity (Wildman–Crippen MR) is 164 cm³/mol. The van der Waals surface area contributed by atoms with E-state index in [2.05, 4.69) is 16.0 Å². The monoisotopic (exact) mass is 572 g/mol. The molecule has 42 heavy (non-hydrogen) atoms. The first kappa shape index (κ1) is 30.7. The molecule has 1 aliphatic rings. The molecule has 0 radical (unpaired) electrons. The first-order valence-electron chi connectivity index (χ1n) is 14.2. The number of amides is 4. The number of rotatable bonds is 11. The molecule has 9 nitrogen and oxygen atoms in total. The van der Waals surface area contributed by atoms with Gasteiger partial charge in [0, 0.05) is 16.9 Å². The highest BCUT2D eigenvalue weighted by Gasteiger charge is 2.53. The van der Waals surface area contributed by atoms with Crippen LogP contribution in [0, 0.1) is 13.8 Å². The van der Waals surface area contributed by atoms with Gasteiger partial charge in [-0.2, -0.15) is 0 Å². The van der Waals surface area contributed by atoms with Crippen LogP contribution >= 0.6 is 0 Å². The van der Waals surface area contributed by atoms with Gasteiger partial charge < -0.3 is 30.3 Å². The SMILES string of the molecule is Cc1ccc(NC(=O)CC2(NC(=O)Nc3ccc(C)cc3)C(=O)N(CC(OC(C)C)OC(C)C)c3ccccc32)cc1.